The van der Waals surface area contributed by atoms with Gasteiger partial charge in [-0.25, -0.2) is 23.0 Å². The third-order valence-corrected chi connectivity index (χ3v) is 15.1. The highest BCUT2D eigenvalue weighted by atomic mass is 32.2. The summed E-state index contributed by atoms with van der Waals surface area (Å²) in [5.74, 6) is -4.03. The highest BCUT2D eigenvalue weighted by Crippen LogP contribution is 2.27. The van der Waals surface area contributed by atoms with Crippen molar-refractivity contribution in [2.75, 3.05) is 44.8 Å². The lowest BCUT2D eigenvalue weighted by Crippen LogP contribution is -2.54. The molecule has 0 spiro atoms. The SMILES string of the molecule is COC(=O)[C@H](CNC(=O)c1ccc2c(cnn2CCCN(C(=O)OC(C)(C)C)c2ccccn2)c1)NS(=O)(=O)c1c(C)cc(OCCCC(=O)NCCNC(=O)C(CCC(=O)OC(C)(C)C)NC(=O)[C@H](CCC(=O)OC(C)(C)C)NC(=O)OCc2ccccc2)cc1C. The Morgan fingerprint density at radius 1 is 0.667 bits per heavy atom. The second kappa shape index (κ2) is 34.5. The number of ether oxygens (including phenoxy) is 6. The fraction of sp³-hybridized carbons (Fsp3) is 0.492. The first-order valence-electron chi connectivity index (χ1n) is 30.5. The molecule has 3 atom stereocenters. The number of anilines is 1. The molecule has 27 nitrogen and oxygen atoms in total. The zero-order chi connectivity index (χ0) is 68.7. The van der Waals surface area contributed by atoms with Crippen LogP contribution in [0.5, 0.6) is 5.75 Å². The number of aryl methyl sites for hydroxylation is 3. The molecule has 0 bridgehead atoms. The molecule has 6 amide bonds. The van der Waals surface area contributed by atoms with E-state index in [4.69, 9.17) is 28.4 Å². The van der Waals surface area contributed by atoms with Crippen LogP contribution in [0, 0.1) is 13.8 Å². The standard InChI is InChI=1S/C65H88N10O17S/c1-42-36-47(37-43(2)56(42)93(85,86)73-50(60(82)87-12)40-69-57(79)45-24-27-51-46(38-45)39-70-75(51)34-19-33-74(52-22-16-17-30-66-52)62(84)92-65(9,10)11)88-35-18-23-53(76)67-31-32-68-58(80)48(25-28-54(77)90-63(3,4)5)71-59(81)49(26-29-55(78)91-64(6,7)8)72-61(83)89-41-44-20-14-13-15-21-44/h13-17,20-22,24,27,30,36-39,48-50,73H,18-19,23,25-26,28-29,31-35,40-41H2,1-12H3,(H,67,76)(H,68,80)(H,69,79)(H,71,81)(H,72,83)/t48?,49-,50-/m0/s1. The quantitative estimate of drug-likeness (QED) is 0.0151. The van der Waals surface area contributed by atoms with Crippen molar-refractivity contribution in [3.63, 3.8) is 0 Å². The van der Waals surface area contributed by atoms with Crippen LogP contribution in [0.2, 0.25) is 0 Å². The first-order valence-corrected chi connectivity index (χ1v) is 31.9. The number of hydrogen-bond acceptors (Lipinski definition) is 19. The predicted octanol–water partition coefficient (Wildman–Crippen LogP) is 6.54. The van der Waals surface area contributed by atoms with Crippen molar-refractivity contribution in [3.05, 3.63) is 114 Å². The minimum Gasteiger partial charge on any atom is -0.494 e. The van der Waals surface area contributed by atoms with Gasteiger partial charge in [-0.3, -0.25) is 43.1 Å². The molecule has 0 fully saturated rings. The number of sulfonamides is 1. The Morgan fingerprint density at radius 2 is 1.28 bits per heavy atom. The van der Waals surface area contributed by atoms with Crippen molar-refractivity contribution in [2.45, 2.75) is 174 Å². The third-order valence-electron chi connectivity index (χ3n) is 13.3. The minimum atomic E-state index is -4.43. The number of benzene rings is 3. The summed E-state index contributed by atoms with van der Waals surface area (Å²) < 4.78 is 64.6. The number of pyridine rings is 1. The number of methoxy groups -OCH3 is 1. The highest BCUT2D eigenvalue weighted by molar-refractivity contribution is 7.89. The number of amides is 6. The van der Waals surface area contributed by atoms with Gasteiger partial charge in [0.25, 0.3) is 5.91 Å². The maximum atomic E-state index is 13.9. The normalized spacial score (nSPS) is 12.6. The van der Waals surface area contributed by atoms with Crippen LogP contribution >= 0.6 is 0 Å². The molecule has 6 N–H and O–H groups in total. The van der Waals surface area contributed by atoms with Crippen LogP contribution in [0.1, 0.15) is 134 Å². The summed E-state index contributed by atoms with van der Waals surface area (Å²) in [5.41, 5.74) is -0.226. The van der Waals surface area contributed by atoms with Gasteiger partial charge in [0.05, 0.1) is 30.3 Å². The summed E-state index contributed by atoms with van der Waals surface area (Å²) in [5, 5.41) is 18.1. The number of fused-ring (bicyclic) bond motifs is 1. The van der Waals surface area contributed by atoms with Crippen LogP contribution in [-0.4, -0.2) is 152 Å². The first kappa shape index (κ1) is 74.5. The Balaban J connectivity index is 1.11. The van der Waals surface area contributed by atoms with Gasteiger partial charge >= 0.3 is 30.1 Å². The fourth-order valence-corrected chi connectivity index (χ4v) is 10.9. The molecule has 5 rings (SSSR count). The molecule has 0 radical (unpaired) electrons. The van der Waals surface area contributed by atoms with Crippen LogP contribution in [0.25, 0.3) is 10.9 Å². The summed E-state index contributed by atoms with van der Waals surface area (Å²) in [6.07, 6.45) is 1.40. The number of nitrogens with zero attached hydrogens (tertiary/aromatic N) is 4. The lowest BCUT2D eigenvalue weighted by atomic mass is 10.1. The summed E-state index contributed by atoms with van der Waals surface area (Å²) in [7, 11) is -3.34. The van der Waals surface area contributed by atoms with Crippen molar-refractivity contribution in [1.29, 1.82) is 0 Å². The van der Waals surface area contributed by atoms with Crippen LogP contribution in [-0.2, 0) is 75.6 Å². The van der Waals surface area contributed by atoms with Crippen LogP contribution in [0.4, 0.5) is 15.4 Å². The summed E-state index contributed by atoms with van der Waals surface area (Å²) in [6, 6.07) is 17.7. The predicted molar refractivity (Wildman–Crippen MR) is 343 cm³/mol. The number of carbonyl (C=O) groups excluding carboxylic acids is 9. The van der Waals surface area contributed by atoms with Crippen LogP contribution in [0.15, 0.2) is 96.2 Å². The van der Waals surface area contributed by atoms with Crippen molar-refractivity contribution < 1.29 is 80.0 Å². The van der Waals surface area contributed by atoms with Gasteiger partial charge in [-0.1, -0.05) is 36.4 Å². The van der Waals surface area contributed by atoms with Crippen molar-refractivity contribution >= 4 is 80.5 Å². The average Bonchev–Trinajstić information content (AvgIpc) is 1.83. The van der Waals surface area contributed by atoms with E-state index in [2.05, 4.69) is 41.4 Å². The van der Waals surface area contributed by atoms with E-state index in [1.54, 1.807) is 160 Å². The molecule has 506 valence electrons. The molecular weight excluding hydrogens is 1220 g/mol. The van der Waals surface area contributed by atoms with E-state index in [0.29, 0.717) is 41.0 Å². The van der Waals surface area contributed by atoms with E-state index < -0.39 is 99.3 Å². The molecule has 2 heterocycles. The summed E-state index contributed by atoms with van der Waals surface area (Å²) in [6.45, 7) is 18.5. The Morgan fingerprint density at radius 3 is 1.88 bits per heavy atom. The van der Waals surface area contributed by atoms with Gasteiger partial charge in [-0.05, 0) is 161 Å². The van der Waals surface area contributed by atoms with Crippen molar-refractivity contribution in [1.82, 2.24) is 46.1 Å². The minimum absolute atomic E-state index is 0.000374. The molecule has 0 aliphatic heterocycles. The summed E-state index contributed by atoms with van der Waals surface area (Å²) in [4.78, 5) is 124. The zero-order valence-corrected chi connectivity index (χ0v) is 55.7. The van der Waals surface area contributed by atoms with E-state index in [1.807, 2.05) is 0 Å². The molecule has 93 heavy (non-hydrogen) atoms. The number of carbonyl (C=O) groups is 9. The largest absolute Gasteiger partial charge is 0.494 e. The van der Waals surface area contributed by atoms with Crippen LogP contribution < -0.4 is 40.9 Å². The molecule has 0 saturated carbocycles. The van der Waals surface area contributed by atoms with Crippen molar-refractivity contribution in [2.24, 2.45) is 0 Å². The molecule has 28 heteroatoms. The van der Waals surface area contributed by atoms with E-state index >= 15 is 0 Å². The van der Waals surface area contributed by atoms with E-state index in [1.165, 1.54) is 17.0 Å². The molecule has 5 aromatic rings. The number of esters is 3. The lowest BCUT2D eigenvalue weighted by Gasteiger charge is -2.26. The van der Waals surface area contributed by atoms with Crippen LogP contribution in [0.3, 0.4) is 0 Å². The Bertz CT molecular complexity index is 3490. The first-order chi connectivity index (χ1) is 43.7. The summed E-state index contributed by atoms with van der Waals surface area (Å²) >= 11 is 0. The second-order valence-electron chi connectivity index (χ2n) is 24.8. The Hall–Kier alpha value is -9.18. The van der Waals surface area contributed by atoms with Gasteiger partial charge in [0, 0.05) is 69.1 Å². The molecule has 1 unspecified atom stereocenters. The molecule has 2 aromatic heterocycles. The Kier molecular flexibility index (Phi) is 27.6. The van der Waals surface area contributed by atoms with Gasteiger partial charge in [-0.15, -0.1) is 0 Å². The van der Waals surface area contributed by atoms with E-state index in [-0.39, 0.29) is 98.9 Å². The van der Waals surface area contributed by atoms with Gasteiger partial charge in [0.15, 0.2) is 0 Å². The molecule has 0 aliphatic rings. The maximum Gasteiger partial charge on any atom is 0.416 e. The van der Waals surface area contributed by atoms with Gasteiger partial charge < -0.3 is 55.0 Å². The molecule has 0 saturated heterocycles. The monoisotopic (exact) mass is 1310 g/mol. The van der Waals surface area contributed by atoms with Crippen molar-refractivity contribution in [3.8, 4) is 5.75 Å². The zero-order valence-electron chi connectivity index (χ0n) is 54.9. The van der Waals surface area contributed by atoms with E-state index in [0.717, 1.165) is 7.11 Å². The van der Waals surface area contributed by atoms with E-state index in [9.17, 15) is 51.6 Å². The van der Waals surface area contributed by atoms with Gasteiger partial charge in [0.2, 0.25) is 27.7 Å². The Labute approximate surface area is 542 Å². The average molecular weight is 1310 g/mol. The molecule has 3 aromatic carbocycles. The van der Waals surface area contributed by atoms with Gasteiger partial charge in [-0.2, -0.15) is 9.82 Å². The number of aromatic nitrogens is 3. The second-order valence-corrected chi connectivity index (χ2v) is 26.4. The molecule has 0 aliphatic carbocycles. The number of hydrogen-bond donors (Lipinski definition) is 6. The smallest absolute Gasteiger partial charge is 0.416 e. The fourth-order valence-electron chi connectivity index (χ4n) is 9.24. The number of alkyl carbamates (subject to hydrolysis) is 1. The maximum absolute atomic E-state index is 13.9. The van der Waals surface area contributed by atoms with Gasteiger partial charge in [0.1, 0.15) is 53.1 Å². The topological polar surface area (TPSA) is 349 Å². The highest BCUT2D eigenvalue weighted by Gasteiger charge is 2.32. The number of nitrogens with one attached hydrogen (secondary N) is 6. The molecular formula is C65H88N10O17S. The number of rotatable bonds is 32. The third kappa shape index (κ3) is 25.8. The lowest BCUT2D eigenvalue weighted by molar-refractivity contribution is -0.156.